The summed E-state index contributed by atoms with van der Waals surface area (Å²) in [5, 5.41) is 11.5. The standard InChI is InChI=1S/C33H31N3O5/c1-22-18-26-19-25(10-13-28(26)41-22)31(37)29-30(36(33(39)32(29)38)16-5-15-35-17-14-34-21-35)24-8-11-27(12-9-24)40-20-23-6-3-2-4-7-23/h2-4,6-14,17,19,21-22,30,37H,5,15-16,18,20H2,1H3/t22-,30-/m0/s1. The molecular formula is C33H31N3O5. The number of rotatable bonds is 9. The van der Waals surface area contributed by atoms with Crippen LogP contribution in [0.5, 0.6) is 11.5 Å². The van der Waals surface area contributed by atoms with Gasteiger partial charge in [0.15, 0.2) is 0 Å². The van der Waals surface area contributed by atoms with Gasteiger partial charge < -0.3 is 24.0 Å². The molecule has 3 heterocycles. The number of carbonyl (C=O) groups is 2. The second kappa shape index (κ2) is 11.3. The van der Waals surface area contributed by atoms with Crippen LogP contribution < -0.4 is 9.47 Å². The van der Waals surface area contributed by atoms with E-state index in [9.17, 15) is 14.7 Å². The summed E-state index contributed by atoms with van der Waals surface area (Å²) >= 11 is 0. The van der Waals surface area contributed by atoms with E-state index >= 15 is 0 Å². The summed E-state index contributed by atoms with van der Waals surface area (Å²) in [4.78, 5) is 32.4. The Kier molecular flexibility index (Phi) is 7.29. The molecule has 3 aromatic carbocycles. The lowest BCUT2D eigenvalue weighted by Crippen LogP contribution is -2.31. The molecule has 208 valence electrons. The summed E-state index contributed by atoms with van der Waals surface area (Å²) in [6, 6.07) is 21.9. The van der Waals surface area contributed by atoms with E-state index in [2.05, 4.69) is 4.98 Å². The zero-order valence-corrected chi connectivity index (χ0v) is 22.8. The maximum absolute atomic E-state index is 13.4. The molecule has 1 saturated heterocycles. The molecule has 2 aliphatic rings. The van der Waals surface area contributed by atoms with Crippen LogP contribution in [0.4, 0.5) is 0 Å². The van der Waals surface area contributed by atoms with Gasteiger partial charge in [-0.05, 0) is 60.4 Å². The number of amides is 1. The number of ketones is 1. The molecule has 8 heteroatoms. The lowest BCUT2D eigenvalue weighted by atomic mass is 9.94. The summed E-state index contributed by atoms with van der Waals surface area (Å²) in [5.41, 5.74) is 3.32. The van der Waals surface area contributed by atoms with Crippen LogP contribution in [0, 0.1) is 0 Å². The fraction of sp³-hybridized carbons (Fsp3) is 0.242. The Hall–Kier alpha value is -4.85. The average Bonchev–Trinajstić information content (AvgIpc) is 3.71. The maximum atomic E-state index is 13.4. The summed E-state index contributed by atoms with van der Waals surface area (Å²) < 4.78 is 13.7. The molecule has 0 spiro atoms. The van der Waals surface area contributed by atoms with Crippen molar-refractivity contribution in [3.8, 4) is 11.5 Å². The number of aliphatic hydroxyl groups is 1. The van der Waals surface area contributed by atoms with Crippen molar-refractivity contribution in [1.29, 1.82) is 0 Å². The van der Waals surface area contributed by atoms with E-state index in [1.807, 2.05) is 84.4 Å². The van der Waals surface area contributed by atoms with Crippen LogP contribution in [-0.4, -0.2) is 43.9 Å². The van der Waals surface area contributed by atoms with Crippen LogP contribution in [0.3, 0.4) is 0 Å². The molecule has 1 amide bonds. The third-order valence-corrected chi connectivity index (χ3v) is 7.53. The highest BCUT2D eigenvalue weighted by molar-refractivity contribution is 6.46. The molecule has 2 atom stereocenters. The first-order chi connectivity index (χ1) is 20.0. The van der Waals surface area contributed by atoms with E-state index in [4.69, 9.17) is 9.47 Å². The predicted octanol–water partition coefficient (Wildman–Crippen LogP) is 5.30. The Balaban J connectivity index is 1.31. The largest absolute Gasteiger partial charge is 0.507 e. The number of benzene rings is 3. The van der Waals surface area contributed by atoms with Gasteiger partial charge in [0, 0.05) is 37.5 Å². The average molecular weight is 550 g/mol. The zero-order valence-electron chi connectivity index (χ0n) is 22.8. The van der Waals surface area contributed by atoms with Gasteiger partial charge in [-0.25, -0.2) is 4.98 Å². The van der Waals surface area contributed by atoms with E-state index in [1.165, 1.54) is 0 Å². The normalized spacial score (nSPS) is 19.3. The quantitative estimate of drug-likeness (QED) is 0.173. The Morgan fingerprint density at radius 1 is 1.05 bits per heavy atom. The molecule has 0 radical (unpaired) electrons. The summed E-state index contributed by atoms with van der Waals surface area (Å²) in [5.74, 6) is -0.0504. The third-order valence-electron chi connectivity index (χ3n) is 7.53. The number of Topliss-reactive ketones (excluding diaryl/α,β-unsaturated/α-hetero) is 1. The van der Waals surface area contributed by atoms with E-state index in [1.54, 1.807) is 23.5 Å². The Labute approximate surface area is 238 Å². The van der Waals surface area contributed by atoms with Gasteiger partial charge in [-0.2, -0.15) is 0 Å². The molecular weight excluding hydrogens is 518 g/mol. The van der Waals surface area contributed by atoms with E-state index in [-0.39, 0.29) is 17.4 Å². The van der Waals surface area contributed by atoms with Crippen LogP contribution in [0.15, 0.2) is 97.1 Å². The van der Waals surface area contributed by atoms with Gasteiger partial charge in [-0.3, -0.25) is 9.59 Å². The van der Waals surface area contributed by atoms with Crippen molar-refractivity contribution in [2.75, 3.05) is 6.54 Å². The highest BCUT2D eigenvalue weighted by Crippen LogP contribution is 2.41. The molecule has 0 aliphatic carbocycles. The van der Waals surface area contributed by atoms with Gasteiger partial charge in [0.25, 0.3) is 11.7 Å². The fourth-order valence-corrected chi connectivity index (χ4v) is 5.51. The molecule has 4 aromatic rings. The number of fused-ring (bicyclic) bond motifs is 1. The lowest BCUT2D eigenvalue weighted by molar-refractivity contribution is -0.139. The topological polar surface area (TPSA) is 93.9 Å². The van der Waals surface area contributed by atoms with Crippen molar-refractivity contribution in [1.82, 2.24) is 14.5 Å². The zero-order chi connectivity index (χ0) is 28.3. The number of imidazole rings is 1. The minimum absolute atomic E-state index is 0.0473. The predicted molar refractivity (Wildman–Crippen MR) is 153 cm³/mol. The van der Waals surface area contributed by atoms with E-state index in [0.717, 1.165) is 22.4 Å². The lowest BCUT2D eigenvalue weighted by Gasteiger charge is -2.25. The molecule has 1 N–H and O–H groups in total. The number of ether oxygens (including phenoxy) is 2. The number of hydrogen-bond acceptors (Lipinski definition) is 6. The van der Waals surface area contributed by atoms with Crippen molar-refractivity contribution in [2.45, 2.75) is 45.1 Å². The van der Waals surface area contributed by atoms with Crippen molar-refractivity contribution in [3.63, 3.8) is 0 Å². The number of aryl methyl sites for hydroxylation is 1. The minimum Gasteiger partial charge on any atom is -0.507 e. The number of aliphatic hydroxyl groups excluding tert-OH is 1. The van der Waals surface area contributed by atoms with E-state index < -0.39 is 17.7 Å². The van der Waals surface area contributed by atoms with Crippen LogP contribution in [0.1, 0.15) is 41.6 Å². The van der Waals surface area contributed by atoms with Crippen LogP contribution >= 0.6 is 0 Å². The van der Waals surface area contributed by atoms with Gasteiger partial charge in [0.05, 0.1) is 17.9 Å². The van der Waals surface area contributed by atoms with Crippen molar-refractivity contribution >= 4 is 17.4 Å². The number of aromatic nitrogens is 2. The second-order valence-electron chi connectivity index (χ2n) is 10.4. The first-order valence-electron chi connectivity index (χ1n) is 13.8. The first-order valence-corrected chi connectivity index (χ1v) is 13.8. The van der Waals surface area contributed by atoms with E-state index in [0.29, 0.717) is 43.9 Å². The Morgan fingerprint density at radius 3 is 2.61 bits per heavy atom. The first kappa shape index (κ1) is 26.4. The van der Waals surface area contributed by atoms with Crippen LogP contribution in [0.25, 0.3) is 5.76 Å². The number of likely N-dealkylation sites (tertiary alicyclic amines) is 1. The van der Waals surface area contributed by atoms with Crippen LogP contribution in [-0.2, 0) is 29.2 Å². The summed E-state index contributed by atoms with van der Waals surface area (Å²) in [7, 11) is 0. The van der Waals surface area contributed by atoms with Crippen molar-refractivity contribution in [3.05, 3.63) is 119 Å². The van der Waals surface area contributed by atoms with Crippen molar-refractivity contribution < 1.29 is 24.2 Å². The van der Waals surface area contributed by atoms with Gasteiger partial charge in [0.1, 0.15) is 30.0 Å². The number of carbonyl (C=O) groups excluding carboxylic acids is 2. The monoisotopic (exact) mass is 549 g/mol. The second-order valence-corrected chi connectivity index (χ2v) is 10.4. The SMILES string of the molecule is C[C@H]1Cc2cc(C(O)=C3C(=O)C(=O)N(CCCn4ccnc4)[C@H]3c3ccc(OCc4ccccc4)cc3)ccc2O1. The number of nitrogens with zero attached hydrogens (tertiary/aromatic N) is 3. The van der Waals surface area contributed by atoms with Gasteiger partial charge in [-0.15, -0.1) is 0 Å². The molecule has 1 fully saturated rings. The van der Waals surface area contributed by atoms with Gasteiger partial charge in [-0.1, -0.05) is 42.5 Å². The summed E-state index contributed by atoms with van der Waals surface area (Å²) in [6.07, 6.45) is 6.66. The molecule has 0 bridgehead atoms. The molecule has 41 heavy (non-hydrogen) atoms. The van der Waals surface area contributed by atoms with Gasteiger partial charge in [0.2, 0.25) is 0 Å². The number of hydrogen-bond donors (Lipinski definition) is 1. The molecule has 8 nitrogen and oxygen atoms in total. The smallest absolute Gasteiger partial charge is 0.295 e. The minimum atomic E-state index is -0.732. The molecule has 2 aliphatic heterocycles. The molecule has 6 rings (SSSR count). The molecule has 0 unspecified atom stereocenters. The Bertz CT molecular complexity index is 1580. The highest BCUT2D eigenvalue weighted by Gasteiger charge is 2.45. The van der Waals surface area contributed by atoms with Crippen LogP contribution in [0.2, 0.25) is 0 Å². The third kappa shape index (κ3) is 5.45. The highest BCUT2D eigenvalue weighted by atomic mass is 16.5. The Morgan fingerprint density at radius 2 is 1.85 bits per heavy atom. The fourth-order valence-electron chi connectivity index (χ4n) is 5.51. The molecule has 1 aromatic heterocycles. The molecule has 0 saturated carbocycles. The van der Waals surface area contributed by atoms with Gasteiger partial charge >= 0.3 is 0 Å². The van der Waals surface area contributed by atoms with Crippen molar-refractivity contribution in [2.24, 2.45) is 0 Å². The maximum Gasteiger partial charge on any atom is 0.295 e. The summed E-state index contributed by atoms with van der Waals surface area (Å²) in [6.45, 7) is 3.40.